The van der Waals surface area contributed by atoms with Crippen molar-refractivity contribution in [2.24, 2.45) is 0 Å². The molecule has 1 aromatic carbocycles. The van der Waals surface area contributed by atoms with Crippen molar-refractivity contribution in [2.45, 2.75) is 37.6 Å². The van der Waals surface area contributed by atoms with Crippen LogP contribution in [0, 0.1) is 19.3 Å². The second-order valence-electron chi connectivity index (χ2n) is 4.15. The molecule has 0 aliphatic heterocycles. The lowest BCUT2D eigenvalue weighted by atomic mass is 10.2. The highest BCUT2D eigenvalue weighted by atomic mass is 32.2. The molecule has 0 saturated carbocycles. The third-order valence-corrected chi connectivity index (χ3v) is 4.10. The average Bonchev–Trinajstić information content (AvgIpc) is 2.31. The van der Waals surface area contributed by atoms with Gasteiger partial charge in [-0.1, -0.05) is 19.3 Å². The van der Waals surface area contributed by atoms with E-state index in [0.29, 0.717) is 12.1 Å². The van der Waals surface area contributed by atoms with Gasteiger partial charge in [0.15, 0.2) is 0 Å². The number of nitrogens with two attached hydrogens (primary N) is 1. The summed E-state index contributed by atoms with van der Waals surface area (Å²) in [6.45, 7) is 3.71. The number of nitrogens with one attached hydrogen (secondary N) is 1. The lowest BCUT2D eigenvalue weighted by Gasteiger charge is -2.13. The summed E-state index contributed by atoms with van der Waals surface area (Å²) in [5.74, 6) is 2.44. The summed E-state index contributed by atoms with van der Waals surface area (Å²) in [5.41, 5.74) is 6.95. The van der Waals surface area contributed by atoms with Crippen LogP contribution in [0.3, 0.4) is 0 Å². The standard InChI is InChI=1S/C13H18N2O2S/c1-4-6-11(5-2)15-18(16,17)12-7-8-13(14)10(3)9-12/h2,7-9,11,15H,4,6,14H2,1,3H3. The molecule has 18 heavy (non-hydrogen) atoms. The average molecular weight is 266 g/mol. The predicted octanol–water partition coefficient (Wildman–Crippen LogP) is 1.66. The Morgan fingerprint density at radius 3 is 2.67 bits per heavy atom. The Hall–Kier alpha value is -1.51. The molecule has 0 amide bonds. The van der Waals surface area contributed by atoms with Gasteiger partial charge in [0.05, 0.1) is 10.9 Å². The van der Waals surface area contributed by atoms with E-state index in [1.165, 1.54) is 12.1 Å². The lowest BCUT2D eigenvalue weighted by molar-refractivity contribution is 0.564. The van der Waals surface area contributed by atoms with E-state index in [0.717, 1.165) is 12.0 Å². The Balaban J connectivity index is 2.99. The number of benzene rings is 1. The maximum Gasteiger partial charge on any atom is 0.241 e. The molecule has 98 valence electrons. The molecule has 0 saturated heterocycles. The van der Waals surface area contributed by atoms with Gasteiger partial charge in [0, 0.05) is 5.69 Å². The van der Waals surface area contributed by atoms with Gasteiger partial charge < -0.3 is 5.73 Å². The Morgan fingerprint density at radius 1 is 1.50 bits per heavy atom. The smallest absolute Gasteiger partial charge is 0.241 e. The van der Waals surface area contributed by atoms with Crippen LogP contribution >= 0.6 is 0 Å². The van der Waals surface area contributed by atoms with Crippen LogP contribution in [0.5, 0.6) is 0 Å². The SMILES string of the molecule is C#CC(CCC)NS(=O)(=O)c1ccc(N)c(C)c1. The second kappa shape index (κ2) is 5.89. The summed E-state index contributed by atoms with van der Waals surface area (Å²) in [6.07, 6.45) is 6.73. The summed E-state index contributed by atoms with van der Waals surface area (Å²) < 4.78 is 26.7. The number of aryl methyl sites for hydroxylation is 1. The van der Waals surface area contributed by atoms with E-state index in [1.54, 1.807) is 13.0 Å². The molecular weight excluding hydrogens is 248 g/mol. The molecule has 0 heterocycles. The van der Waals surface area contributed by atoms with Crippen molar-refractivity contribution in [3.63, 3.8) is 0 Å². The zero-order chi connectivity index (χ0) is 13.8. The predicted molar refractivity (Wildman–Crippen MR) is 73.4 cm³/mol. The van der Waals surface area contributed by atoms with Gasteiger partial charge in [-0.2, -0.15) is 4.72 Å². The van der Waals surface area contributed by atoms with Gasteiger partial charge >= 0.3 is 0 Å². The fourth-order valence-electron chi connectivity index (χ4n) is 1.54. The molecule has 0 aromatic heterocycles. The normalized spacial score (nSPS) is 12.9. The van der Waals surface area contributed by atoms with Crippen LogP contribution < -0.4 is 10.5 Å². The number of hydrogen-bond acceptors (Lipinski definition) is 3. The highest BCUT2D eigenvalue weighted by molar-refractivity contribution is 7.89. The van der Waals surface area contributed by atoms with Gasteiger partial charge in [-0.05, 0) is 37.1 Å². The molecule has 1 aromatic rings. The minimum atomic E-state index is -3.58. The van der Waals surface area contributed by atoms with E-state index >= 15 is 0 Å². The number of anilines is 1. The third kappa shape index (κ3) is 3.49. The first-order valence-corrected chi connectivity index (χ1v) is 7.23. The quantitative estimate of drug-likeness (QED) is 0.629. The van der Waals surface area contributed by atoms with Gasteiger partial charge in [-0.3, -0.25) is 0 Å². The first kappa shape index (κ1) is 14.6. The van der Waals surface area contributed by atoms with E-state index < -0.39 is 16.1 Å². The fraction of sp³-hybridized carbons (Fsp3) is 0.385. The molecule has 0 bridgehead atoms. The highest BCUT2D eigenvalue weighted by Crippen LogP contribution is 2.17. The molecule has 1 rings (SSSR count). The zero-order valence-electron chi connectivity index (χ0n) is 10.6. The zero-order valence-corrected chi connectivity index (χ0v) is 11.4. The largest absolute Gasteiger partial charge is 0.399 e. The Labute approximate surface area is 109 Å². The Kier molecular flexibility index (Phi) is 4.76. The van der Waals surface area contributed by atoms with Crippen molar-refractivity contribution in [2.75, 3.05) is 5.73 Å². The second-order valence-corrected chi connectivity index (χ2v) is 5.86. The van der Waals surface area contributed by atoms with E-state index in [4.69, 9.17) is 12.2 Å². The molecule has 0 aliphatic rings. The number of hydrogen-bond donors (Lipinski definition) is 2. The number of rotatable bonds is 5. The topological polar surface area (TPSA) is 72.2 Å². The minimum absolute atomic E-state index is 0.186. The van der Waals surface area contributed by atoms with Crippen molar-refractivity contribution < 1.29 is 8.42 Å². The van der Waals surface area contributed by atoms with Crippen LogP contribution in [0.1, 0.15) is 25.3 Å². The van der Waals surface area contributed by atoms with Crippen LogP contribution in [-0.2, 0) is 10.0 Å². The van der Waals surface area contributed by atoms with Crippen LogP contribution in [0.2, 0.25) is 0 Å². The number of nitrogen functional groups attached to an aromatic ring is 1. The van der Waals surface area contributed by atoms with Crippen LogP contribution in [0.25, 0.3) is 0 Å². The van der Waals surface area contributed by atoms with Crippen LogP contribution in [0.15, 0.2) is 23.1 Å². The molecule has 0 aliphatic carbocycles. The van der Waals surface area contributed by atoms with E-state index in [1.807, 2.05) is 6.92 Å². The molecule has 1 unspecified atom stereocenters. The molecule has 0 spiro atoms. The van der Waals surface area contributed by atoms with E-state index in [-0.39, 0.29) is 4.90 Å². The monoisotopic (exact) mass is 266 g/mol. The Bertz CT molecular complexity index is 559. The summed E-state index contributed by atoms with van der Waals surface area (Å²) in [4.78, 5) is 0.186. The van der Waals surface area contributed by atoms with Crippen molar-refractivity contribution in [3.8, 4) is 12.3 Å². The van der Waals surface area contributed by atoms with Gasteiger partial charge in [0.2, 0.25) is 10.0 Å². The Morgan fingerprint density at radius 2 is 2.17 bits per heavy atom. The molecule has 3 N–H and O–H groups in total. The van der Waals surface area contributed by atoms with Crippen molar-refractivity contribution in [1.29, 1.82) is 0 Å². The van der Waals surface area contributed by atoms with Crippen molar-refractivity contribution in [1.82, 2.24) is 4.72 Å². The maximum absolute atomic E-state index is 12.1. The summed E-state index contributed by atoms with van der Waals surface area (Å²) in [6, 6.07) is 4.12. The van der Waals surface area contributed by atoms with Crippen molar-refractivity contribution in [3.05, 3.63) is 23.8 Å². The highest BCUT2D eigenvalue weighted by Gasteiger charge is 2.18. The van der Waals surface area contributed by atoms with E-state index in [2.05, 4.69) is 10.6 Å². The first-order valence-electron chi connectivity index (χ1n) is 5.75. The first-order chi connectivity index (χ1) is 8.40. The lowest BCUT2D eigenvalue weighted by Crippen LogP contribution is -2.33. The van der Waals surface area contributed by atoms with Gasteiger partial charge in [0.1, 0.15) is 0 Å². The summed E-state index contributed by atoms with van der Waals surface area (Å²) in [5, 5.41) is 0. The molecular formula is C13H18N2O2S. The molecule has 5 heteroatoms. The summed E-state index contributed by atoms with van der Waals surface area (Å²) in [7, 11) is -3.58. The third-order valence-electron chi connectivity index (χ3n) is 2.63. The van der Waals surface area contributed by atoms with E-state index in [9.17, 15) is 8.42 Å². The van der Waals surface area contributed by atoms with Crippen LogP contribution in [0.4, 0.5) is 5.69 Å². The number of sulfonamides is 1. The van der Waals surface area contributed by atoms with Gasteiger partial charge in [-0.15, -0.1) is 6.42 Å². The fourth-order valence-corrected chi connectivity index (χ4v) is 2.81. The van der Waals surface area contributed by atoms with Crippen molar-refractivity contribution >= 4 is 15.7 Å². The van der Waals surface area contributed by atoms with Crippen LogP contribution in [-0.4, -0.2) is 14.5 Å². The molecule has 1 atom stereocenters. The molecule has 0 fully saturated rings. The molecule has 0 radical (unpaired) electrons. The summed E-state index contributed by atoms with van der Waals surface area (Å²) >= 11 is 0. The van der Waals surface area contributed by atoms with Gasteiger partial charge in [0.25, 0.3) is 0 Å². The number of terminal acetylenes is 1. The van der Waals surface area contributed by atoms with Gasteiger partial charge in [-0.25, -0.2) is 8.42 Å². The minimum Gasteiger partial charge on any atom is -0.399 e. The maximum atomic E-state index is 12.1. The molecule has 4 nitrogen and oxygen atoms in total.